The third-order valence-corrected chi connectivity index (χ3v) is 6.77. The molecule has 2 aliphatic rings. The zero-order valence-corrected chi connectivity index (χ0v) is 12.5. The van der Waals surface area contributed by atoms with E-state index in [4.69, 9.17) is 5.73 Å². The molecule has 5 heteroatoms. The second kappa shape index (κ2) is 5.47. The SMILES string of the molecule is NCCCc1ccccc1CN1CC2CC1CS2(=O)=O. The maximum absolute atomic E-state index is 11.8. The van der Waals surface area contributed by atoms with E-state index in [1.165, 1.54) is 11.1 Å². The summed E-state index contributed by atoms with van der Waals surface area (Å²) < 4.78 is 23.6. The molecule has 2 unspecified atom stereocenters. The molecule has 110 valence electrons. The molecule has 0 aromatic heterocycles. The third-order valence-electron chi connectivity index (χ3n) is 4.56. The van der Waals surface area contributed by atoms with E-state index >= 15 is 0 Å². The van der Waals surface area contributed by atoms with Crippen molar-refractivity contribution in [2.45, 2.75) is 37.1 Å². The van der Waals surface area contributed by atoms with Crippen molar-refractivity contribution in [1.82, 2.24) is 4.90 Å². The highest BCUT2D eigenvalue weighted by molar-refractivity contribution is 7.92. The quantitative estimate of drug-likeness (QED) is 0.878. The van der Waals surface area contributed by atoms with Crippen molar-refractivity contribution in [2.75, 3.05) is 18.8 Å². The van der Waals surface area contributed by atoms with Crippen LogP contribution in [0.4, 0.5) is 0 Å². The number of hydrogen-bond acceptors (Lipinski definition) is 4. The fourth-order valence-electron chi connectivity index (χ4n) is 3.44. The molecular weight excluding hydrogens is 272 g/mol. The first-order chi connectivity index (χ1) is 9.60. The Morgan fingerprint density at radius 1 is 1.25 bits per heavy atom. The fraction of sp³-hybridized carbons (Fsp3) is 0.600. The summed E-state index contributed by atoms with van der Waals surface area (Å²) in [7, 11) is -2.80. The van der Waals surface area contributed by atoms with Crippen LogP contribution in [-0.4, -0.2) is 43.5 Å². The zero-order valence-electron chi connectivity index (χ0n) is 11.7. The Balaban J connectivity index is 1.71. The molecule has 2 N–H and O–H groups in total. The summed E-state index contributed by atoms with van der Waals surface area (Å²) in [6.45, 7) is 2.29. The lowest BCUT2D eigenvalue weighted by Crippen LogP contribution is -2.40. The molecule has 1 aromatic carbocycles. The first-order valence-corrected chi connectivity index (χ1v) is 9.04. The molecule has 0 aliphatic carbocycles. The minimum absolute atomic E-state index is 0.122. The van der Waals surface area contributed by atoms with Crippen LogP contribution in [0.3, 0.4) is 0 Å². The van der Waals surface area contributed by atoms with Gasteiger partial charge in [-0.15, -0.1) is 0 Å². The van der Waals surface area contributed by atoms with Gasteiger partial charge in [0.25, 0.3) is 0 Å². The number of likely N-dealkylation sites (tertiary alicyclic amines) is 1. The van der Waals surface area contributed by atoms with E-state index in [0.29, 0.717) is 18.8 Å². The van der Waals surface area contributed by atoms with E-state index in [0.717, 1.165) is 25.8 Å². The van der Waals surface area contributed by atoms with Gasteiger partial charge in [0.15, 0.2) is 9.84 Å². The molecule has 0 radical (unpaired) electrons. The highest BCUT2D eigenvalue weighted by Crippen LogP contribution is 2.34. The van der Waals surface area contributed by atoms with Crippen LogP contribution in [0.25, 0.3) is 0 Å². The minimum Gasteiger partial charge on any atom is -0.330 e. The van der Waals surface area contributed by atoms with Crippen molar-refractivity contribution < 1.29 is 8.42 Å². The van der Waals surface area contributed by atoms with Crippen LogP contribution in [0, 0.1) is 0 Å². The highest BCUT2D eigenvalue weighted by atomic mass is 32.2. The monoisotopic (exact) mass is 294 g/mol. The van der Waals surface area contributed by atoms with Gasteiger partial charge in [-0.05, 0) is 36.9 Å². The molecule has 0 amide bonds. The molecule has 4 nitrogen and oxygen atoms in total. The molecule has 2 atom stereocenters. The van der Waals surface area contributed by atoms with Crippen molar-refractivity contribution in [3.8, 4) is 0 Å². The second-order valence-corrected chi connectivity index (χ2v) is 8.26. The number of hydrogen-bond donors (Lipinski definition) is 1. The van der Waals surface area contributed by atoms with Crippen LogP contribution in [0.5, 0.6) is 0 Å². The zero-order chi connectivity index (χ0) is 14.2. The third kappa shape index (κ3) is 2.62. The van der Waals surface area contributed by atoms with Crippen molar-refractivity contribution >= 4 is 9.84 Å². The molecule has 0 saturated carbocycles. The molecular formula is C15H22N2O2S. The summed E-state index contributed by atoms with van der Waals surface area (Å²) in [4.78, 5) is 2.34. The molecule has 2 bridgehead atoms. The van der Waals surface area contributed by atoms with Crippen molar-refractivity contribution in [2.24, 2.45) is 5.73 Å². The lowest BCUT2D eigenvalue weighted by molar-refractivity contribution is 0.256. The molecule has 2 fully saturated rings. The van der Waals surface area contributed by atoms with E-state index in [9.17, 15) is 8.42 Å². The summed E-state index contributed by atoms with van der Waals surface area (Å²) in [5.41, 5.74) is 8.27. The van der Waals surface area contributed by atoms with Gasteiger partial charge in [0, 0.05) is 19.1 Å². The van der Waals surface area contributed by atoms with Gasteiger partial charge in [0.1, 0.15) is 0 Å². The number of nitrogens with zero attached hydrogens (tertiary/aromatic N) is 1. The van der Waals surface area contributed by atoms with Crippen LogP contribution >= 0.6 is 0 Å². The van der Waals surface area contributed by atoms with E-state index in [1.807, 2.05) is 0 Å². The van der Waals surface area contributed by atoms with E-state index in [2.05, 4.69) is 29.2 Å². The maximum atomic E-state index is 11.8. The van der Waals surface area contributed by atoms with Gasteiger partial charge >= 0.3 is 0 Å². The van der Waals surface area contributed by atoms with Gasteiger partial charge in [-0.2, -0.15) is 0 Å². The van der Waals surface area contributed by atoms with Crippen molar-refractivity contribution in [3.05, 3.63) is 35.4 Å². The van der Waals surface area contributed by atoms with E-state index in [-0.39, 0.29) is 11.3 Å². The summed E-state index contributed by atoms with van der Waals surface area (Å²) in [5, 5.41) is -0.122. The average Bonchev–Trinajstić information content (AvgIpc) is 2.93. The van der Waals surface area contributed by atoms with Gasteiger partial charge in [-0.3, -0.25) is 4.90 Å². The maximum Gasteiger partial charge on any atom is 0.156 e. The number of rotatable bonds is 5. The standard InChI is InChI=1S/C15H22N2O2S/c16-7-3-6-12-4-1-2-5-13(12)9-17-10-15-8-14(17)11-20(15,18)19/h1-2,4-5,14-15H,3,6-11,16H2. The molecule has 2 heterocycles. The Morgan fingerprint density at radius 3 is 2.60 bits per heavy atom. The van der Waals surface area contributed by atoms with Crippen LogP contribution in [-0.2, 0) is 22.8 Å². The normalized spacial score (nSPS) is 28.1. The van der Waals surface area contributed by atoms with Crippen LogP contribution < -0.4 is 5.73 Å². The number of aryl methyl sites for hydroxylation is 1. The predicted molar refractivity (Wildman–Crippen MR) is 80.2 cm³/mol. The Labute approximate surface area is 120 Å². The van der Waals surface area contributed by atoms with Crippen molar-refractivity contribution in [3.63, 3.8) is 0 Å². The number of sulfone groups is 1. The Hall–Kier alpha value is -0.910. The summed E-state index contributed by atoms with van der Waals surface area (Å²) in [6, 6.07) is 8.68. The van der Waals surface area contributed by atoms with Gasteiger partial charge in [0.05, 0.1) is 11.0 Å². The Kier molecular flexibility index (Phi) is 3.84. The minimum atomic E-state index is -2.80. The number of nitrogens with two attached hydrogens (primary N) is 1. The second-order valence-electron chi connectivity index (χ2n) is 5.93. The number of fused-ring (bicyclic) bond motifs is 2. The molecule has 2 saturated heterocycles. The lowest BCUT2D eigenvalue weighted by atomic mass is 10.0. The highest BCUT2D eigenvalue weighted by Gasteiger charge is 2.48. The van der Waals surface area contributed by atoms with E-state index < -0.39 is 9.84 Å². The van der Waals surface area contributed by atoms with Gasteiger partial charge in [0.2, 0.25) is 0 Å². The first kappa shape index (κ1) is 14.0. The Morgan fingerprint density at radius 2 is 2.00 bits per heavy atom. The topological polar surface area (TPSA) is 63.4 Å². The lowest BCUT2D eigenvalue weighted by Gasteiger charge is -2.27. The number of benzene rings is 1. The molecule has 20 heavy (non-hydrogen) atoms. The molecule has 2 aliphatic heterocycles. The summed E-state index contributed by atoms with van der Waals surface area (Å²) in [6.07, 6.45) is 2.83. The first-order valence-electron chi connectivity index (χ1n) is 7.32. The molecule has 1 aromatic rings. The van der Waals surface area contributed by atoms with E-state index in [1.54, 1.807) is 0 Å². The van der Waals surface area contributed by atoms with Gasteiger partial charge in [-0.1, -0.05) is 24.3 Å². The Bertz CT molecular complexity index is 585. The smallest absolute Gasteiger partial charge is 0.156 e. The van der Waals surface area contributed by atoms with Gasteiger partial charge in [-0.25, -0.2) is 8.42 Å². The average molecular weight is 294 g/mol. The van der Waals surface area contributed by atoms with Crippen LogP contribution in [0.2, 0.25) is 0 Å². The van der Waals surface area contributed by atoms with Crippen molar-refractivity contribution in [1.29, 1.82) is 0 Å². The van der Waals surface area contributed by atoms with Crippen LogP contribution in [0.1, 0.15) is 24.0 Å². The predicted octanol–water partition coefficient (Wildman–Crippen LogP) is 0.949. The largest absolute Gasteiger partial charge is 0.330 e. The molecule has 3 rings (SSSR count). The van der Waals surface area contributed by atoms with Gasteiger partial charge < -0.3 is 5.73 Å². The molecule has 0 spiro atoms. The van der Waals surface area contributed by atoms with Crippen LogP contribution in [0.15, 0.2) is 24.3 Å². The summed E-state index contributed by atoms with van der Waals surface area (Å²) >= 11 is 0. The fourth-order valence-corrected chi connectivity index (χ4v) is 5.53. The summed E-state index contributed by atoms with van der Waals surface area (Å²) in [5.74, 6) is 0.350.